The van der Waals surface area contributed by atoms with Gasteiger partial charge < -0.3 is 9.15 Å². The zero-order chi connectivity index (χ0) is 19.2. The summed E-state index contributed by atoms with van der Waals surface area (Å²) in [5.74, 6) is -1.29. The molecule has 1 heterocycles. The van der Waals surface area contributed by atoms with E-state index >= 15 is 0 Å². The van der Waals surface area contributed by atoms with Gasteiger partial charge in [-0.3, -0.25) is 20.4 Å². The summed E-state index contributed by atoms with van der Waals surface area (Å²) in [5.41, 5.74) is 5.16. The number of rotatable bonds is 5. The number of ether oxygens (including phenoxy) is 1. The second kappa shape index (κ2) is 8.18. The quantitative estimate of drug-likeness (QED) is 0.535. The summed E-state index contributed by atoms with van der Waals surface area (Å²) in [5, 5.41) is 0.921. The van der Waals surface area contributed by atoms with Crippen LogP contribution in [-0.4, -0.2) is 17.9 Å². The molecule has 0 bridgehead atoms. The molecule has 6 nitrogen and oxygen atoms in total. The number of carbonyl (C=O) groups is 2. The number of hydrogen-bond donors (Lipinski definition) is 2. The monoisotopic (exact) mass is 368 g/mol. The molecule has 0 saturated heterocycles. The number of nitrogens with one attached hydrogen (secondary N) is 2. The smallest absolute Gasteiger partial charge is 0.279 e. The highest BCUT2D eigenvalue weighted by atomic mass is 19.1. The lowest BCUT2D eigenvalue weighted by atomic mass is 10.2. The zero-order valence-corrected chi connectivity index (χ0v) is 14.4. The van der Waals surface area contributed by atoms with Crippen LogP contribution in [0, 0.1) is 5.82 Å². The molecule has 0 aliphatic rings. The first-order valence-corrected chi connectivity index (χ1v) is 8.20. The van der Waals surface area contributed by atoms with Gasteiger partial charge in [-0.05, 0) is 37.3 Å². The minimum atomic E-state index is -0.999. The lowest BCUT2D eigenvalue weighted by Crippen LogP contribution is -2.46. The van der Waals surface area contributed by atoms with Gasteiger partial charge >= 0.3 is 0 Å². The SMILES string of the molecule is CC(Oc1ccccc1F)C(=O)NNC(=O)/C=C/c1cc2ccccc2o1. The van der Waals surface area contributed by atoms with E-state index in [4.69, 9.17) is 9.15 Å². The predicted octanol–water partition coefficient (Wildman–Crippen LogP) is 3.20. The van der Waals surface area contributed by atoms with Crippen molar-refractivity contribution in [2.75, 3.05) is 0 Å². The Hall–Kier alpha value is -3.61. The minimum Gasteiger partial charge on any atom is -0.478 e. The number of fused-ring (bicyclic) bond motifs is 1. The van der Waals surface area contributed by atoms with Crippen LogP contribution in [-0.2, 0) is 9.59 Å². The maximum Gasteiger partial charge on any atom is 0.279 e. The molecule has 2 aromatic carbocycles. The van der Waals surface area contributed by atoms with Crippen LogP contribution in [0.25, 0.3) is 17.0 Å². The van der Waals surface area contributed by atoms with Crippen molar-refractivity contribution in [2.24, 2.45) is 0 Å². The van der Waals surface area contributed by atoms with Crippen molar-refractivity contribution in [1.82, 2.24) is 10.9 Å². The first-order chi connectivity index (χ1) is 13.0. The molecule has 1 aromatic heterocycles. The molecule has 0 aliphatic heterocycles. The molecule has 0 aliphatic carbocycles. The molecular formula is C20H17FN2O4. The van der Waals surface area contributed by atoms with E-state index in [-0.39, 0.29) is 5.75 Å². The van der Waals surface area contributed by atoms with Crippen LogP contribution in [0.2, 0.25) is 0 Å². The molecule has 1 atom stereocenters. The Morgan fingerprint density at radius 2 is 1.85 bits per heavy atom. The molecule has 0 saturated carbocycles. The highest BCUT2D eigenvalue weighted by Gasteiger charge is 2.16. The van der Waals surface area contributed by atoms with Crippen molar-refractivity contribution in [1.29, 1.82) is 0 Å². The average molecular weight is 368 g/mol. The highest BCUT2D eigenvalue weighted by Crippen LogP contribution is 2.19. The minimum absolute atomic E-state index is 0.0451. The molecule has 27 heavy (non-hydrogen) atoms. The predicted molar refractivity (Wildman–Crippen MR) is 98.0 cm³/mol. The summed E-state index contributed by atoms with van der Waals surface area (Å²) in [6.07, 6.45) is 1.71. The number of amides is 2. The number of carbonyl (C=O) groups excluding carboxylic acids is 2. The molecule has 0 spiro atoms. The van der Waals surface area contributed by atoms with E-state index in [0.29, 0.717) is 11.3 Å². The Labute approximate surface area is 154 Å². The van der Waals surface area contributed by atoms with Crippen molar-refractivity contribution in [3.8, 4) is 5.75 Å². The first kappa shape index (κ1) is 18.2. The summed E-state index contributed by atoms with van der Waals surface area (Å²) in [7, 11) is 0. The normalized spacial score (nSPS) is 12.1. The maximum atomic E-state index is 13.5. The van der Waals surface area contributed by atoms with Gasteiger partial charge in [0.15, 0.2) is 17.7 Å². The lowest BCUT2D eigenvalue weighted by molar-refractivity contribution is -0.131. The van der Waals surface area contributed by atoms with Crippen LogP contribution in [0.1, 0.15) is 12.7 Å². The molecule has 2 N–H and O–H groups in total. The Morgan fingerprint density at radius 3 is 2.63 bits per heavy atom. The third-order valence-corrected chi connectivity index (χ3v) is 3.66. The Bertz CT molecular complexity index is 963. The molecule has 138 valence electrons. The second-order valence-electron chi connectivity index (χ2n) is 5.69. The van der Waals surface area contributed by atoms with Gasteiger partial charge in [0.25, 0.3) is 11.8 Å². The van der Waals surface area contributed by atoms with Gasteiger partial charge in [0.2, 0.25) is 0 Å². The number of halogens is 1. The zero-order valence-electron chi connectivity index (χ0n) is 14.4. The lowest BCUT2D eigenvalue weighted by Gasteiger charge is -2.15. The topological polar surface area (TPSA) is 80.6 Å². The van der Waals surface area contributed by atoms with E-state index in [0.717, 1.165) is 5.39 Å². The molecule has 0 fully saturated rings. The third-order valence-electron chi connectivity index (χ3n) is 3.66. The van der Waals surface area contributed by atoms with Crippen LogP contribution in [0.15, 0.2) is 65.1 Å². The van der Waals surface area contributed by atoms with Gasteiger partial charge in [-0.2, -0.15) is 0 Å². The first-order valence-electron chi connectivity index (χ1n) is 8.20. The fraction of sp³-hybridized carbons (Fsp3) is 0.100. The summed E-state index contributed by atoms with van der Waals surface area (Å²) >= 11 is 0. The molecule has 3 rings (SSSR count). The van der Waals surface area contributed by atoms with Crippen LogP contribution < -0.4 is 15.6 Å². The Balaban J connectivity index is 1.50. The Morgan fingerprint density at radius 1 is 1.11 bits per heavy atom. The second-order valence-corrected chi connectivity index (χ2v) is 5.69. The van der Waals surface area contributed by atoms with Crippen molar-refractivity contribution in [3.05, 3.63) is 72.3 Å². The standard InChI is InChI=1S/C20H17FN2O4/c1-13(26-18-9-5-3-7-16(18)21)20(25)23-22-19(24)11-10-15-12-14-6-2-4-8-17(14)27-15/h2-13H,1H3,(H,22,24)(H,23,25)/b11-10+. The van der Waals surface area contributed by atoms with Crippen LogP contribution >= 0.6 is 0 Å². The van der Waals surface area contributed by atoms with Crippen molar-refractivity contribution >= 4 is 28.9 Å². The summed E-state index contributed by atoms with van der Waals surface area (Å²) < 4.78 is 24.3. The molecule has 7 heteroatoms. The number of para-hydroxylation sites is 2. The van der Waals surface area contributed by atoms with Crippen LogP contribution in [0.3, 0.4) is 0 Å². The largest absolute Gasteiger partial charge is 0.478 e. The summed E-state index contributed by atoms with van der Waals surface area (Å²) in [4.78, 5) is 23.8. The van der Waals surface area contributed by atoms with Crippen molar-refractivity contribution < 1.29 is 23.1 Å². The fourth-order valence-corrected chi connectivity index (χ4v) is 2.29. The molecule has 1 unspecified atom stereocenters. The van der Waals surface area contributed by atoms with Crippen LogP contribution in [0.4, 0.5) is 4.39 Å². The van der Waals surface area contributed by atoms with E-state index in [1.54, 1.807) is 12.1 Å². The van der Waals surface area contributed by atoms with Gasteiger partial charge in [-0.25, -0.2) is 4.39 Å². The maximum absolute atomic E-state index is 13.5. The van der Waals surface area contributed by atoms with Crippen LogP contribution in [0.5, 0.6) is 5.75 Å². The molecule has 0 radical (unpaired) electrons. The van der Waals surface area contributed by atoms with E-state index in [2.05, 4.69) is 10.9 Å². The van der Waals surface area contributed by atoms with Gasteiger partial charge in [0, 0.05) is 11.5 Å². The fourth-order valence-electron chi connectivity index (χ4n) is 2.29. The number of hydrogen-bond acceptors (Lipinski definition) is 4. The van der Waals surface area contributed by atoms with E-state index < -0.39 is 23.7 Å². The molecule has 3 aromatic rings. The number of benzene rings is 2. The Kier molecular flexibility index (Phi) is 5.51. The molecular weight excluding hydrogens is 351 g/mol. The van der Waals surface area contributed by atoms with E-state index in [9.17, 15) is 14.0 Å². The van der Waals surface area contributed by atoms with Gasteiger partial charge in [-0.15, -0.1) is 0 Å². The third kappa shape index (κ3) is 4.72. The summed E-state index contributed by atoms with van der Waals surface area (Å²) in [6.45, 7) is 1.44. The van der Waals surface area contributed by atoms with Gasteiger partial charge in [-0.1, -0.05) is 30.3 Å². The van der Waals surface area contributed by atoms with Crippen molar-refractivity contribution in [3.63, 3.8) is 0 Å². The number of hydrazine groups is 1. The summed E-state index contributed by atoms with van der Waals surface area (Å²) in [6, 6.07) is 15.0. The number of furan rings is 1. The average Bonchev–Trinajstić information content (AvgIpc) is 3.09. The van der Waals surface area contributed by atoms with Gasteiger partial charge in [0.05, 0.1) is 0 Å². The van der Waals surface area contributed by atoms with Crippen molar-refractivity contribution in [2.45, 2.75) is 13.0 Å². The molecule has 2 amide bonds. The van der Waals surface area contributed by atoms with E-state index in [1.807, 2.05) is 24.3 Å². The van der Waals surface area contributed by atoms with Gasteiger partial charge in [0.1, 0.15) is 11.3 Å². The highest BCUT2D eigenvalue weighted by molar-refractivity contribution is 5.94. The van der Waals surface area contributed by atoms with E-state index in [1.165, 1.54) is 37.3 Å².